The Bertz CT molecular complexity index is 1100. The number of nitrogens with two attached hydrogens (primary N) is 1. The molecular formula is C22H27N7O. The Kier molecular flexibility index (Phi) is 5.17. The van der Waals surface area contributed by atoms with Gasteiger partial charge in [0.05, 0.1) is 29.0 Å². The molecule has 0 bridgehead atoms. The molecule has 0 fully saturated rings. The number of benzene rings is 1. The van der Waals surface area contributed by atoms with Crippen LogP contribution >= 0.6 is 0 Å². The minimum atomic E-state index is -0.842. The fraction of sp³-hybridized carbons (Fsp3) is 0.318. The van der Waals surface area contributed by atoms with Crippen LogP contribution in [-0.4, -0.2) is 35.0 Å². The van der Waals surface area contributed by atoms with E-state index in [-0.39, 0.29) is 5.92 Å². The molecule has 1 aliphatic carbocycles. The Balaban J connectivity index is 1.43. The molecule has 0 spiro atoms. The van der Waals surface area contributed by atoms with Gasteiger partial charge in [-0.1, -0.05) is 18.2 Å². The normalized spacial score (nSPS) is 16.5. The number of hydrogen-bond donors (Lipinski definition) is 3. The lowest BCUT2D eigenvalue weighted by Crippen LogP contribution is -2.24. The van der Waals surface area contributed by atoms with Crippen molar-refractivity contribution in [3.8, 4) is 5.69 Å². The van der Waals surface area contributed by atoms with Crippen LogP contribution < -0.4 is 11.1 Å². The highest BCUT2D eigenvalue weighted by molar-refractivity contribution is 5.67. The van der Waals surface area contributed by atoms with E-state index in [1.54, 1.807) is 26.5 Å². The number of aryl methyl sites for hydroxylation is 1. The molecule has 2 aromatic heterocycles. The average Bonchev–Trinajstić information content (AvgIpc) is 3.30. The van der Waals surface area contributed by atoms with Gasteiger partial charge in [0.25, 0.3) is 0 Å². The summed E-state index contributed by atoms with van der Waals surface area (Å²) in [5.74, 6) is 0.776. The molecule has 0 aliphatic heterocycles. The first kappa shape index (κ1) is 19.9. The topological polar surface area (TPSA) is 107 Å². The number of nitrogens with zero attached hydrogens (tertiary/aromatic N) is 5. The van der Waals surface area contributed by atoms with Gasteiger partial charge >= 0.3 is 0 Å². The highest BCUT2D eigenvalue weighted by Gasteiger charge is 2.21. The largest absolute Gasteiger partial charge is 0.397 e. The van der Waals surface area contributed by atoms with Gasteiger partial charge in [0.1, 0.15) is 6.33 Å². The first-order valence-electron chi connectivity index (χ1n) is 9.96. The van der Waals surface area contributed by atoms with Crippen LogP contribution in [0.3, 0.4) is 0 Å². The van der Waals surface area contributed by atoms with Gasteiger partial charge in [0.15, 0.2) is 0 Å². The molecule has 3 aromatic rings. The van der Waals surface area contributed by atoms with E-state index in [0.29, 0.717) is 18.2 Å². The van der Waals surface area contributed by atoms with Gasteiger partial charge < -0.3 is 20.7 Å². The van der Waals surface area contributed by atoms with Crippen LogP contribution in [-0.2, 0) is 6.54 Å². The second-order valence-corrected chi connectivity index (χ2v) is 8.19. The molecule has 156 valence electrons. The lowest BCUT2D eigenvalue weighted by atomic mass is 9.88. The zero-order valence-corrected chi connectivity index (χ0v) is 17.4. The van der Waals surface area contributed by atoms with E-state index >= 15 is 0 Å². The molecule has 8 heteroatoms. The maximum atomic E-state index is 10.2. The predicted octanol–water partition coefficient (Wildman–Crippen LogP) is 3.37. The second-order valence-electron chi connectivity index (χ2n) is 8.19. The molecule has 2 heterocycles. The summed E-state index contributed by atoms with van der Waals surface area (Å²) in [6, 6.07) is 5.73. The van der Waals surface area contributed by atoms with Crippen molar-refractivity contribution in [3.63, 3.8) is 0 Å². The second kappa shape index (κ2) is 7.79. The van der Waals surface area contributed by atoms with Gasteiger partial charge in [-0.2, -0.15) is 0 Å². The standard InChI is InChI=1S/C22H27N7O/c1-15-11-28(13-24-15)20-8-7-18(10-19(20)23)26-21-25-14-29(27-21)12-16-5-4-6-17(9-16)22(2,3)30/h4,6-11,13-14,16,30H,5,12,23H2,1-3H3,(H,26,27). The molecule has 8 nitrogen and oxygen atoms in total. The summed E-state index contributed by atoms with van der Waals surface area (Å²) in [7, 11) is 0. The van der Waals surface area contributed by atoms with Crippen LogP contribution in [0.4, 0.5) is 17.3 Å². The molecule has 0 saturated heterocycles. The van der Waals surface area contributed by atoms with Gasteiger partial charge in [-0.15, -0.1) is 5.10 Å². The van der Waals surface area contributed by atoms with Gasteiger partial charge in [-0.25, -0.2) is 9.97 Å². The summed E-state index contributed by atoms with van der Waals surface area (Å²) in [5.41, 5.74) is 9.57. The molecule has 0 radical (unpaired) electrons. The zero-order chi connectivity index (χ0) is 21.3. The average molecular weight is 406 g/mol. The number of imidazole rings is 1. The lowest BCUT2D eigenvalue weighted by molar-refractivity contribution is 0.122. The van der Waals surface area contributed by atoms with Gasteiger partial charge in [0, 0.05) is 24.3 Å². The number of aliphatic hydroxyl groups is 1. The molecule has 1 unspecified atom stereocenters. The van der Waals surface area contributed by atoms with E-state index < -0.39 is 5.60 Å². The smallest absolute Gasteiger partial charge is 0.246 e. The van der Waals surface area contributed by atoms with Crippen LogP contribution in [0.25, 0.3) is 5.69 Å². The van der Waals surface area contributed by atoms with Crippen molar-refractivity contribution in [2.24, 2.45) is 5.92 Å². The number of nitrogens with one attached hydrogen (secondary N) is 1. The van der Waals surface area contributed by atoms with Crippen molar-refractivity contribution in [1.82, 2.24) is 24.3 Å². The molecule has 4 N–H and O–H groups in total. The Morgan fingerprint density at radius 3 is 2.80 bits per heavy atom. The third kappa shape index (κ3) is 4.44. The molecule has 0 amide bonds. The molecule has 4 rings (SSSR count). The highest BCUT2D eigenvalue weighted by atomic mass is 16.3. The predicted molar refractivity (Wildman–Crippen MR) is 118 cm³/mol. The minimum absolute atomic E-state index is 0.263. The van der Waals surface area contributed by atoms with Gasteiger partial charge in [-0.05, 0) is 51.0 Å². The van der Waals surface area contributed by atoms with Crippen LogP contribution in [0.2, 0.25) is 0 Å². The highest BCUT2D eigenvalue weighted by Crippen LogP contribution is 2.26. The molecule has 1 aliphatic rings. The van der Waals surface area contributed by atoms with Gasteiger partial charge in [-0.3, -0.25) is 4.68 Å². The summed E-state index contributed by atoms with van der Waals surface area (Å²) in [5, 5.41) is 18.0. The molecule has 0 saturated carbocycles. The summed E-state index contributed by atoms with van der Waals surface area (Å²) < 4.78 is 3.71. The van der Waals surface area contributed by atoms with Crippen molar-refractivity contribution < 1.29 is 5.11 Å². The van der Waals surface area contributed by atoms with Crippen LogP contribution in [0.5, 0.6) is 0 Å². The SMILES string of the molecule is Cc1cn(-c2ccc(Nc3ncn(CC4C=C(C(C)(C)O)C=CC4)n3)cc2N)cn1. The minimum Gasteiger partial charge on any atom is -0.397 e. The Morgan fingerprint density at radius 2 is 2.10 bits per heavy atom. The maximum Gasteiger partial charge on any atom is 0.246 e. The van der Waals surface area contributed by atoms with E-state index in [4.69, 9.17) is 5.73 Å². The van der Waals surface area contributed by atoms with E-state index in [2.05, 4.69) is 32.5 Å². The van der Waals surface area contributed by atoms with Crippen LogP contribution in [0.15, 0.2) is 60.9 Å². The van der Waals surface area contributed by atoms with Crippen molar-refractivity contribution in [2.75, 3.05) is 11.1 Å². The monoisotopic (exact) mass is 405 g/mol. The Labute approximate surface area is 175 Å². The molecule has 1 atom stereocenters. The summed E-state index contributed by atoms with van der Waals surface area (Å²) >= 11 is 0. The van der Waals surface area contributed by atoms with Gasteiger partial charge in [0.2, 0.25) is 5.95 Å². The zero-order valence-electron chi connectivity index (χ0n) is 17.4. The third-order valence-corrected chi connectivity index (χ3v) is 5.09. The summed E-state index contributed by atoms with van der Waals surface area (Å²) in [6.07, 6.45) is 12.5. The van der Waals surface area contributed by atoms with Crippen LogP contribution in [0.1, 0.15) is 26.0 Å². The molecule has 1 aromatic carbocycles. The Hall–Kier alpha value is -3.39. The van der Waals surface area contributed by atoms with Crippen molar-refractivity contribution >= 4 is 17.3 Å². The Morgan fingerprint density at radius 1 is 1.27 bits per heavy atom. The number of anilines is 3. The maximum absolute atomic E-state index is 10.2. The number of aromatic nitrogens is 5. The summed E-state index contributed by atoms with van der Waals surface area (Å²) in [4.78, 5) is 8.59. The number of rotatable bonds is 6. The third-order valence-electron chi connectivity index (χ3n) is 5.09. The fourth-order valence-electron chi connectivity index (χ4n) is 3.51. The number of nitrogen functional groups attached to an aromatic ring is 1. The summed E-state index contributed by atoms with van der Waals surface area (Å²) in [6.45, 7) is 6.23. The number of hydrogen-bond acceptors (Lipinski definition) is 6. The first-order chi connectivity index (χ1) is 14.3. The number of allylic oxidation sites excluding steroid dienone is 2. The lowest BCUT2D eigenvalue weighted by Gasteiger charge is -2.24. The van der Waals surface area contributed by atoms with Crippen molar-refractivity contribution in [1.29, 1.82) is 0 Å². The van der Waals surface area contributed by atoms with E-state index in [9.17, 15) is 5.11 Å². The van der Waals surface area contributed by atoms with Crippen molar-refractivity contribution in [3.05, 3.63) is 66.5 Å². The van der Waals surface area contributed by atoms with E-state index in [1.165, 1.54) is 0 Å². The van der Waals surface area contributed by atoms with E-state index in [0.717, 1.165) is 29.1 Å². The van der Waals surface area contributed by atoms with E-state index in [1.807, 2.05) is 46.6 Å². The quantitative estimate of drug-likeness (QED) is 0.543. The fourth-order valence-corrected chi connectivity index (χ4v) is 3.51. The van der Waals surface area contributed by atoms with Crippen molar-refractivity contribution in [2.45, 2.75) is 39.3 Å². The van der Waals surface area contributed by atoms with Crippen LogP contribution in [0, 0.1) is 12.8 Å². The molecule has 30 heavy (non-hydrogen) atoms. The molecular weight excluding hydrogens is 378 g/mol. The first-order valence-corrected chi connectivity index (χ1v) is 9.96.